The highest BCUT2D eigenvalue weighted by Gasteiger charge is 2.32. The molecule has 102 valence electrons. The van der Waals surface area contributed by atoms with Crippen molar-refractivity contribution < 1.29 is 9.53 Å². The number of benzene rings is 2. The lowest BCUT2D eigenvalue weighted by Gasteiger charge is -2.31. The number of carbonyl (C=O) groups excluding carboxylic acids is 1. The van der Waals surface area contributed by atoms with Gasteiger partial charge in [-0.15, -0.1) is 0 Å². The molecule has 2 nitrogen and oxygen atoms in total. The summed E-state index contributed by atoms with van der Waals surface area (Å²) in [6.07, 6.45) is 3.01. The van der Waals surface area contributed by atoms with E-state index in [1.165, 1.54) is 0 Å². The molecular weight excluding hydrogens is 248 g/mol. The maximum atomic E-state index is 11.6. The molecule has 0 aliphatic carbocycles. The molecule has 1 aliphatic heterocycles. The summed E-state index contributed by atoms with van der Waals surface area (Å²) in [5.41, 5.74) is 2.24. The summed E-state index contributed by atoms with van der Waals surface area (Å²) in [7, 11) is 0. The third-order valence-electron chi connectivity index (χ3n) is 3.95. The molecule has 1 heterocycles. The summed E-state index contributed by atoms with van der Waals surface area (Å²) in [6.45, 7) is 2.12. The topological polar surface area (TPSA) is 26.3 Å². The second-order valence-electron chi connectivity index (χ2n) is 5.24. The second kappa shape index (κ2) is 5.49. The summed E-state index contributed by atoms with van der Waals surface area (Å²) >= 11 is 0. The van der Waals surface area contributed by atoms with Crippen molar-refractivity contribution in [3.63, 3.8) is 0 Å². The summed E-state index contributed by atoms with van der Waals surface area (Å²) in [4.78, 5) is 11.6. The third-order valence-corrected chi connectivity index (χ3v) is 3.95. The molecular formula is C18H18O2. The van der Waals surface area contributed by atoms with Crippen LogP contribution in [0.5, 0.6) is 11.5 Å². The van der Waals surface area contributed by atoms with Gasteiger partial charge in [-0.1, -0.05) is 49.7 Å². The Bertz CT molecular complexity index is 573. The minimum atomic E-state index is 0.00574. The van der Waals surface area contributed by atoms with E-state index in [0.29, 0.717) is 0 Å². The van der Waals surface area contributed by atoms with Gasteiger partial charge in [-0.25, -0.2) is 0 Å². The van der Waals surface area contributed by atoms with Crippen LogP contribution in [0.25, 0.3) is 0 Å². The van der Waals surface area contributed by atoms with Gasteiger partial charge in [-0.3, -0.25) is 0 Å². The van der Waals surface area contributed by atoms with E-state index in [1.54, 1.807) is 0 Å². The molecule has 2 aromatic carbocycles. The Morgan fingerprint density at radius 3 is 2.10 bits per heavy atom. The third kappa shape index (κ3) is 2.11. The fraction of sp³-hybridized carbons (Fsp3) is 0.278. The molecule has 0 bridgehead atoms. The molecule has 0 saturated carbocycles. The molecule has 3 rings (SSSR count). The lowest BCUT2D eigenvalue weighted by Crippen LogP contribution is -2.20. The first-order chi connectivity index (χ1) is 9.85. The van der Waals surface area contributed by atoms with Crippen molar-refractivity contribution in [2.45, 2.75) is 25.7 Å². The van der Waals surface area contributed by atoms with Crippen LogP contribution in [0, 0.1) is 5.92 Å². The van der Waals surface area contributed by atoms with Crippen LogP contribution in [-0.2, 0) is 4.79 Å². The number of ether oxygens (including phenoxy) is 1. The Kier molecular flexibility index (Phi) is 3.55. The van der Waals surface area contributed by atoms with E-state index >= 15 is 0 Å². The van der Waals surface area contributed by atoms with Gasteiger partial charge in [-0.05, 0) is 18.6 Å². The number of hydrogen-bond acceptors (Lipinski definition) is 2. The van der Waals surface area contributed by atoms with Gasteiger partial charge in [0.1, 0.15) is 17.8 Å². The molecule has 0 fully saturated rings. The SMILES string of the molecule is CCCC(C=O)C1c2ccccc2Oc2ccccc21. The molecule has 0 spiro atoms. The van der Waals surface area contributed by atoms with Gasteiger partial charge in [-0.2, -0.15) is 0 Å². The molecule has 0 radical (unpaired) electrons. The highest BCUT2D eigenvalue weighted by atomic mass is 16.5. The number of fused-ring (bicyclic) bond motifs is 2. The molecule has 1 unspecified atom stereocenters. The van der Waals surface area contributed by atoms with Crippen molar-refractivity contribution in [3.8, 4) is 11.5 Å². The molecule has 1 aliphatic rings. The van der Waals surface area contributed by atoms with Crippen LogP contribution < -0.4 is 4.74 Å². The van der Waals surface area contributed by atoms with E-state index in [1.807, 2.05) is 36.4 Å². The smallest absolute Gasteiger partial charge is 0.131 e. The van der Waals surface area contributed by atoms with Crippen molar-refractivity contribution in [2.75, 3.05) is 0 Å². The zero-order chi connectivity index (χ0) is 13.9. The summed E-state index contributed by atoms with van der Waals surface area (Å²) in [5, 5.41) is 0. The fourth-order valence-corrected chi connectivity index (χ4v) is 3.05. The first-order valence-corrected chi connectivity index (χ1v) is 7.16. The Balaban J connectivity index is 2.14. The molecule has 0 saturated heterocycles. The van der Waals surface area contributed by atoms with Gasteiger partial charge < -0.3 is 9.53 Å². The van der Waals surface area contributed by atoms with E-state index in [4.69, 9.17) is 4.74 Å². The molecule has 0 amide bonds. The minimum absolute atomic E-state index is 0.00574. The van der Waals surface area contributed by atoms with Gasteiger partial charge >= 0.3 is 0 Å². The summed E-state index contributed by atoms with van der Waals surface area (Å²) < 4.78 is 5.96. The summed E-state index contributed by atoms with van der Waals surface area (Å²) in [5.74, 6) is 1.86. The molecule has 0 aromatic heterocycles. The Labute approximate surface area is 119 Å². The number of rotatable bonds is 4. The zero-order valence-corrected chi connectivity index (χ0v) is 11.6. The van der Waals surface area contributed by atoms with Crippen LogP contribution in [0.2, 0.25) is 0 Å². The van der Waals surface area contributed by atoms with Gasteiger partial charge in [0.2, 0.25) is 0 Å². The van der Waals surface area contributed by atoms with Crippen molar-refractivity contribution in [3.05, 3.63) is 59.7 Å². The average molecular weight is 266 g/mol. The predicted octanol–water partition coefficient (Wildman–Crippen LogP) is 4.54. The largest absolute Gasteiger partial charge is 0.457 e. The van der Waals surface area contributed by atoms with Crippen LogP contribution in [0.15, 0.2) is 48.5 Å². The van der Waals surface area contributed by atoms with Crippen LogP contribution in [-0.4, -0.2) is 6.29 Å². The maximum absolute atomic E-state index is 11.6. The number of para-hydroxylation sites is 2. The van der Waals surface area contributed by atoms with Gasteiger partial charge in [0.15, 0.2) is 0 Å². The lowest BCUT2D eigenvalue weighted by atomic mass is 9.77. The standard InChI is InChI=1S/C18H18O2/c1-2-7-13(12-19)18-14-8-3-5-10-16(14)20-17-11-6-4-9-15(17)18/h3-6,8-13,18H,2,7H2,1H3. The number of hydrogen-bond donors (Lipinski definition) is 0. The van der Waals surface area contributed by atoms with Crippen molar-refractivity contribution in [1.82, 2.24) is 0 Å². The van der Waals surface area contributed by atoms with Crippen LogP contribution >= 0.6 is 0 Å². The Morgan fingerprint density at radius 2 is 1.60 bits per heavy atom. The van der Waals surface area contributed by atoms with Crippen molar-refractivity contribution in [2.24, 2.45) is 5.92 Å². The molecule has 20 heavy (non-hydrogen) atoms. The monoisotopic (exact) mass is 266 g/mol. The number of carbonyl (C=O) groups is 1. The second-order valence-corrected chi connectivity index (χ2v) is 5.24. The molecule has 0 N–H and O–H groups in total. The molecule has 1 atom stereocenters. The van der Waals surface area contributed by atoms with Gasteiger partial charge in [0.25, 0.3) is 0 Å². The van der Waals surface area contributed by atoms with Crippen LogP contribution in [0.3, 0.4) is 0 Å². The quantitative estimate of drug-likeness (QED) is 0.759. The van der Waals surface area contributed by atoms with Crippen LogP contribution in [0.1, 0.15) is 36.8 Å². The van der Waals surface area contributed by atoms with Crippen LogP contribution in [0.4, 0.5) is 0 Å². The van der Waals surface area contributed by atoms with E-state index in [9.17, 15) is 4.79 Å². The lowest BCUT2D eigenvalue weighted by molar-refractivity contribution is -0.111. The van der Waals surface area contributed by atoms with E-state index in [0.717, 1.165) is 41.8 Å². The number of aldehydes is 1. The minimum Gasteiger partial charge on any atom is -0.457 e. The zero-order valence-electron chi connectivity index (χ0n) is 11.6. The first-order valence-electron chi connectivity index (χ1n) is 7.16. The molecule has 2 aromatic rings. The average Bonchev–Trinajstić information content (AvgIpc) is 2.50. The summed E-state index contributed by atoms with van der Waals surface area (Å²) in [6, 6.07) is 16.1. The maximum Gasteiger partial charge on any atom is 0.131 e. The first kappa shape index (κ1) is 12.9. The Hall–Kier alpha value is -2.09. The van der Waals surface area contributed by atoms with Crippen molar-refractivity contribution >= 4 is 6.29 Å². The van der Waals surface area contributed by atoms with Gasteiger partial charge in [0.05, 0.1) is 0 Å². The van der Waals surface area contributed by atoms with E-state index < -0.39 is 0 Å². The Morgan fingerprint density at radius 1 is 1.05 bits per heavy atom. The van der Waals surface area contributed by atoms with E-state index in [2.05, 4.69) is 19.1 Å². The van der Waals surface area contributed by atoms with Gasteiger partial charge in [0, 0.05) is 23.0 Å². The highest BCUT2D eigenvalue weighted by molar-refractivity contribution is 5.63. The van der Waals surface area contributed by atoms with E-state index in [-0.39, 0.29) is 11.8 Å². The predicted molar refractivity (Wildman–Crippen MR) is 79.3 cm³/mol. The molecule has 2 heteroatoms. The highest BCUT2D eigenvalue weighted by Crippen LogP contribution is 2.47. The van der Waals surface area contributed by atoms with Crippen molar-refractivity contribution in [1.29, 1.82) is 0 Å². The fourth-order valence-electron chi connectivity index (χ4n) is 3.05. The normalized spacial score (nSPS) is 14.8.